The third-order valence-electron chi connectivity index (χ3n) is 2.47. The molecule has 21 heavy (non-hydrogen) atoms. The molecule has 0 atom stereocenters. The maximum Gasteiger partial charge on any atom is 0.242 e. The van der Waals surface area contributed by atoms with Crippen LogP contribution in [0.4, 0.5) is 4.39 Å². The number of amides is 1. The van der Waals surface area contributed by atoms with E-state index in [1.165, 1.54) is 12.1 Å². The average Bonchev–Trinajstić information content (AvgIpc) is 2.37. The number of carbonyl (C=O) groups excluding carboxylic acids is 1. The predicted molar refractivity (Wildman–Crippen MR) is 74.2 cm³/mol. The molecule has 1 aromatic carbocycles. The molecule has 0 aromatic heterocycles. The first-order chi connectivity index (χ1) is 9.77. The minimum Gasteiger partial charge on any atom is -0.354 e. The minimum absolute atomic E-state index is 0.0393. The average molecular weight is 313 g/mol. The van der Waals surface area contributed by atoms with Gasteiger partial charge in [-0.05, 0) is 26.0 Å². The van der Waals surface area contributed by atoms with Gasteiger partial charge in [-0.3, -0.25) is 4.79 Å². The summed E-state index contributed by atoms with van der Waals surface area (Å²) in [5, 5.41) is 11.4. The van der Waals surface area contributed by atoms with E-state index in [0.29, 0.717) is 0 Å². The first kappa shape index (κ1) is 17.1. The summed E-state index contributed by atoms with van der Waals surface area (Å²) in [7, 11) is -4.04. The number of nitrogens with one attached hydrogen (secondary N) is 2. The Bertz CT molecular complexity index is 666. The third-order valence-corrected chi connectivity index (χ3v) is 3.97. The number of nitrogens with zero attached hydrogens (tertiary/aromatic N) is 1. The van der Waals surface area contributed by atoms with Gasteiger partial charge in [0.05, 0.1) is 0 Å². The van der Waals surface area contributed by atoms with Crippen LogP contribution in [-0.2, 0) is 14.8 Å². The van der Waals surface area contributed by atoms with Crippen LogP contribution in [0, 0.1) is 17.1 Å². The number of rotatable bonds is 6. The van der Waals surface area contributed by atoms with Crippen molar-refractivity contribution in [3.8, 4) is 6.07 Å². The Morgan fingerprint density at radius 3 is 2.67 bits per heavy atom. The number of nitriles is 1. The molecule has 8 heteroatoms. The number of benzene rings is 1. The lowest BCUT2D eigenvalue weighted by atomic mass is 10.2. The van der Waals surface area contributed by atoms with Crippen LogP contribution < -0.4 is 10.0 Å². The summed E-state index contributed by atoms with van der Waals surface area (Å²) >= 11 is 0. The number of carbonyl (C=O) groups is 1. The van der Waals surface area contributed by atoms with Crippen molar-refractivity contribution in [1.29, 1.82) is 5.26 Å². The fraction of sp³-hybridized carbons (Fsp3) is 0.385. The number of sulfonamides is 1. The molecule has 2 N–H and O–H groups in total. The minimum atomic E-state index is -4.04. The summed E-state index contributed by atoms with van der Waals surface area (Å²) in [5.74, 6) is -1.20. The van der Waals surface area contributed by atoms with Crippen molar-refractivity contribution in [2.24, 2.45) is 0 Å². The van der Waals surface area contributed by atoms with Gasteiger partial charge in [0.15, 0.2) is 0 Å². The van der Waals surface area contributed by atoms with E-state index < -0.39 is 26.3 Å². The Balaban J connectivity index is 2.78. The SMILES string of the molecule is CC(C)NC(=O)CCNS(=O)(=O)c1cccc(F)c1C#N. The van der Waals surface area contributed by atoms with Crippen LogP contribution in [0.5, 0.6) is 0 Å². The van der Waals surface area contributed by atoms with Crippen LogP contribution in [0.3, 0.4) is 0 Å². The summed E-state index contributed by atoms with van der Waals surface area (Å²) in [6, 6.07) is 4.83. The molecule has 0 unspecified atom stereocenters. The van der Waals surface area contributed by atoms with E-state index in [-0.39, 0.29) is 24.9 Å². The normalized spacial score (nSPS) is 11.2. The van der Waals surface area contributed by atoms with E-state index in [9.17, 15) is 17.6 Å². The first-order valence-corrected chi connectivity index (χ1v) is 7.74. The van der Waals surface area contributed by atoms with Crippen molar-refractivity contribution in [2.75, 3.05) is 6.54 Å². The molecule has 0 heterocycles. The topological polar surface area (TPSA) is 99.1 Å². The number of halogens is 1. The molecule has 0 aliphatic carbocycles. The van der Waals surface area contributed by atoms with E-state index in [4.69, 9.17) is 5.26 Å². The molecule has 1 aromatic rings. The van der Waals surface area contributed by atoms with Crippen molar-refractivity contribution < 1.29 is 17.6 Å². The fourth-order valence-corrected chi connectivity index (χ4v) is 2.80. The highest BCUT2D eigenvalue weighted by molar-refractivity contribution is 7.89. The van der Waals surface area contributed by atoms with Gasteiger partial charge in [0.1, 0.15) is 22.3 Å². The van der Waals surface area contributed by atoms with Crippen molar-refractivity contribution in [1.82, 2.24) is 10.0 Å². The van der Waals surface area contributed by atoms with E-state index >= 15 is 0 Å². The summed E-state index contributed by atoms with van der Waals surface area (Å²) in [5.41, 5.74) is -0.545. The van der Waals surface area contributed by atoms with Crippen LogP contribution in [0.2, 0.25) is 0 Å². The zero-order valence-electron chi connectivity index (χ0n) is 11.7. The van der Waals surface area contributed by atoms with Crippen LogP contribution in [0.1, 0.15) is 25.8 Å². The van der Waals surface area contributed by atoms with E-state index in [2.05, 4.69) is 10.0 Å². The summed E-state index contributed by atoms with van der Waals surface area (Å²) in [6.07, 6.45) is -0.0470. The second-order valence-electron chi connectivity index (χ2n) is 4.59. The van der Waals surface area contributed by atoms with Gasteiger partial charge in [-0.2, -0.15) is 5.26 Å². The molecule has 0 radical (unpaired) electrons. The Labute approximate surface area is 123 Å². The lowest BCUT2D eigenvalue weighted by Crippen LogP contribution is -2.34. The number of hydrogen-bond acceptors (Lipinski definition) is 4. The quantitative estimate of drug-likeness (QED) is 0.814. The summed E-state index contributed by atoms with van der Waals surface area (Å²) < 4.78 is 39.6. The van der Waals surface area contributed by atoms with Gasteiger partial charge < -0.3 is 5.32 Å². The highest BCUT2D eigenvalue weighted by Crippen LogP contribution is 2.17. The van der Waals surface area contributed by atoms with Gasteiger partial charge in [0.25, 0.3) is 0 Å². The van der Waals surface area contributed by atoms with Gasteiger partial charge in [0, 0.05) is 19.0 Å². The van der Waals surface area contributed by atoms with Crippen molar-refractivity contribution in [3.63, 3.8) is 0 Å². The third kappa shape index (κ3) is 4.81. The number of hydrogen-bond donors (Lipinski definition) is 2. The van der Waals surface area contributed by atoms with Gasteiger partial charge in [0.2, 0.25) is 15.9 Å². The fourth-order valence-electron chi connectivity index (χ4n) is 1.61. The molecule has 0 fully saturated rings. The smallest absolute Gasteiger partial charge is 0.242 e. The molecule has 0 spiro atoms. The highest BCUT2D eigenvalue weighted by atomic mass is 32.2. The van der Waals surface area contributed by atoms with E-state index in [1.807, 2.05) is 0 Å². The van der Waals surface area contributed by atoms with Crippen LogP contribution in [0.25, 0.3) is 0 Å². The Morgan fingerprint density at radius 1 is 1.43 bits per heavy atom. The Morgan fingerprint density at radius 2 is 2.10 bits per heavy atom. The van der Waals surface area contributed by atoms with Crippen molar-refractivity contribution in [2.45, 2.75) is 31.2 Å². The zero-order valence-corrected chi connectivity index (χ0v) is 12.5. The standard InChI is InChI=1S/C13H16FN3O3S/c1-9(2)17-13(18)6-7-16-21(19,20)12-5-3-4-11(14)10(12)8-15/h3-5,9,16H,6-7H2,1-2H3,(H,17,18). The second-order valence-corrected chi connectivity index (χ2v) is 6.33. The maximum absolute atomic E-state index is 13.4. The monoisotopic (exact) mass is 313 g/mol. The molecule has 0 aliphatic rings. The summed E-state index contributed by atoms with van der Waals surface area (Å²) in [4.78, 5) is 11.0. The molecular weight excluding hydrogens is 297 g/mol. The van der Waals surface area contributed by atoms with Gasteiger partial charge >= 0.3 is 0 Å². The van der Waals surface area contributed by atoms with Gasteiger partial charge in [-0.25, -0.2) is 17.5 Å². The molecule has 6 nitrogen and oxygen atoms in total. The molecule has 0 bridgehead atoms. The maximum atomic E-state index is 13.4. The molecule has 1 amide bonds. The van der Waals surface area contributed by atoms with E-state index in [0.717, 1.165) is 12.1 Å². The molecule has 114 valence electrons. The predicted octanol–water partition coefficient (Wildman–Crippen LogP) is 0.890. The zero-order chi connectivity index (χ0) is 16.0. The van der Waals surface area contributed by atoms with Crippen LogP contribution >= 0.6 is 0 Å². The lowest BCUT2D eigenvalue weighted by Gasteiger charge is -2.10. The van der Waals surface area contributed by atoms with Gasteiger partial charge in [-0.15, -0.1) is 0 Å². The molecule has 0 saturated heterocycles. The van der Waals surface area contributed by atoms with Crippen molar-refractivity contribution >= 4 is 15.9 Å². The largest absolute Gasteiger partial charge is 0.354 e. The molecule has 0 saturated carbocycles. The van der Waals surface area contributed by atoms with Crippen LogP contribution in [-0.4, -0.2) is 26.9 Å². The summed E-state index contributed by atoms with van der Waals surface area (Å²) in [6.45, 7) is 3.43. The Hall–Kier alpha value is -1.98. The van der Waals surface area contributed by atoms with Crippen LogP contribution in [0.15, 0.2) is 23.1 Å². The molecule has 0 aliphatic heterocycles. The highest BCUT2D eigenvalue weighted by Gasteiger charge is 2.21. The van der Waals surface area contributed by atoms with Crippen molar-refractivity contribution in [3.05, 3.63) is 29.6 Å². The van der Waals surface area contributed by atoms with Gasteiger partial charge in [-0.1, -0.05) is 6.07 Å². The Kier molecular flexibility index (Phi) is 5.81. The second kappa shape index (κ2) is 7.15. The lowest BCUT2D eigenvalue weighted by molar-refractivity contribution is -0.121. The first-order valence-electron chi connectivity index (χ1n) is 6.25. The van der Waals surface area contributed by atoms with E-state index in [1.54, 1.807) is 13.8 Å². The molecular formula is C13H16FN3O3S. The molecule has 1 rings (SSSR count).